The molecule has 0 fully saturated rings. The van der Waals surface area contributed by atoms with Crippen LogP contribution in [0.1, 0.15) is 37.0 Å². The number of hydrogen-bond acceptors (Lipinski definition) is 4. The molecule has 0 spiro atoms. The highest BCUT2D eigenvalue weighted by atomic mass is 35.5. The molecule has 5 nitrogen and oxygen atoms in total. The van der Waals surface area contributed by atoms with Gasteiger partial charge in [0.05, 0.1) is 0 Å². The standard InChI is InChI=1S/C13H21N3O2S.ClH/c1-13(2,9-14)16-11(17)4-3-6-15-12(18)10-5-7-19-8-10;/h5,7-8H,3-4,6,9,14H2,1-2H3,(H,15,18)(H,16,17);1H. The molecule has 20 heavy (non-hydrogen) atoms. The largest absolute Gasteiger partial charge is 0.352 e. The monoisotopic (exact) mass is 319 g/mol. The Labute approximate surface area is 129 Å². The van der Waals surface area contributed by atoms with Crippen LogP contribution in [0, 0.1) is 0 Å². The second-order valence-electron chi connectivity index (χ2n) is 5.01. The highest BCUT2D eigenvalue weighted by molar-refractivity contribution is 7.08. The zero-order valence-corrected chi connectivity index (χ0v) is 13.4. The van der Waals surface area contributed by atoms with Gasteiger partial charge in [-0.1, -0.05) is 0 Å². The van der Waals surface area contributed by atoms with Gasteiger partial charge in [0.25, 0.3) is 5.91 Å². The molecule has 0 saturated carbocycles. The number of hydrogen-bond donors (Lipinski definition) is 3. The van der Waals surface area contributed by atoms with Crippen molar-refractivity contribution in [3.05, 3.63) is 22.4 Å². The molecule has 0 bridgehead atoms. The molecule has 1 aromatic heterocycles. The topological polar surface area (TPSA) is 84.2 Å². The second kappa shape index (κ2) is 8.94. The SMILES string of the molecule is CC(C)(CN)NC(=O)CCCNC(=O)c1ccsc1.Cl. The predicted octanol–water partition coefficient (Wildman–Crippen LogP) is 1.53. The lowest BCUT2D eigenvalue weighted by molar-refractivity contribution is -0.122. The zero-order valence-electron chi connectivity index (χ0n) is 11.8. The van der Waals surface area contributed by atoms with Gasteiger partial charge in [0.2, 0.25) is 5.91 Å². The van der Waals surface area contributed by atoms with Gasteiger partial charge in [-0.05, 0) is 31.7 Å². The summed E-state index contributed by atoms with van der Waals surface area (Å²) in [7, 11) is 0. The Morgan fingerprint density at radius 2 is 2.10 bits per heavy atom. The van der Waals surface area contributed by atoms with E-state index in [9.17, 15) is 9.59 Å². The van der Waals surface area contributed by atoms with Gasteiger partial charge in [-0.15, -0.1) is 12.4 Å². The fraction of sp³-hybridized carbons (Fsp3) is 0.538. The molecule has 0 aliphatic carbocycles. The summed E-state index contributed by atoms with van der Waals surface area (Å²) in [6, 6.07) is 1.77. The molecule has 7 heteroatoms. The van der Waals surface area contributed by atoms with Gasteiger partial charge in [0.15, 0.2) is 0 Å². The van der Waals surface area contributed by atoms with Crippen LogP contribution in [-0.2, 0) is 4.79 Å². The van der Waals surface area contributed by atoms with Crippen LogP contribution in [0.15, 0.2) is 16.8 Å². The summed E-state index contributed by atoms with van der Waals surface area (Å²) in [5, 5.41) is 9.28. The minimum atomic E-state index is -0.378. The summed E-state index contributed by atoms with van der Waals surface area (Å²) >= 11 is 1.48. The third kappa shape index (κ3) is 6.88. The van der Waals surface area contributed by atoms with Crippen LogP contribution >= 0.6 is 23.7 Å². The molecule has 114 valence electrons. The normalized spacial score (nSPS) is 10.6. The lowest BCUT2D eigenvalue weighted by atomic mass is 10.1. The Balaban J connectivity index is 0.00000361. The Bertz CT molecular complexity index is 421. The predicted molar refractivity (Wildman–Crippen MR) is 84.4 cm³/mol. The Hall–Kier alpha value is -1.11. The summed E-state index contributed by atoms with van der Waals surface area (Å²) in [6.45, 7) is 4.64. The first-order chi connectivity index (χ1) is 8.94. The minimum absolute atomic E-state index is 0. The smallest absolute Gasteiger partial charge is 0.252 e. The molecule has 0 saturated heterocycles. The Kier molecular flexibility index (Phi) is 8.45. The average Bonchev–Trinajstić information content (AvgIpc) is 2.87. The van der Waals surface area contributed by atoms with E-state index < -0.39 is 0 Å². The average molecular weight is 320 g/mol. The fourth-order valence-electron chi connectivity index (χ4n) is 1.44. The van der Waals surface area contributed by atoms with Gasteiger partial charge < -0.3 is 16.4 Å². The summed E-state index contributed by atoms with van der Waals surface area (Å²) in [5.41, 5.74) is 5.82. The maximum absolute atomic E-state index is 11.6. The number of halogens is 1. The van der Waals surface area contributed by atoms with Gasteiger partial charge in [-0.2, -0.15) is 11.3 Å². The fourth-order valence-corrected chi connectivity index (χ4v) is 2.07. The first-order valence-electron chi connectivity index (χ1n) is 6.26. The maximum Gasteiger partial charge on any atom is 0.252 e. The van der Waals surface area contributed by atoms with Crippen molar-refractivity contribution >= 4 is 35.6 Å². The second-order valence-corrected chi connectivity index (χ2v) is 5.79. The van der Waals surface area contributed by atoms with Crippen LogP contribution in [-0.4, -0.2) is 30.4 Å². The van der Waals surface area contributed by atoms with E-state index >= 15 is 0 Å². The van der Waals surface area contributed by atoms with Crippen molar-refractivity contribution in [2.45, 2.75) is 32.2 Å². The molecule has 1 aromatic rings. The molecule has 1 rings (SSSR count). The van der Waals surface area contributed by atoms with E-state index in [1.807, 2.05) is 19.2 Å². The van der Waals surface area contributed by atoms with Crippen molar-refractivity contribution in [3.8, 4) is 0 Å². The molecule has 0 aliphatic heterocycles. The first kappa shape index (κ1) is 18.9. The Morgan fingerprint density at radius 1 is 1.40 bits per heavy atom. The molecule has 0 unspecified atom stereocenters. The van der Waals surface area contributed by atoms with Crippen LogP contribution in [0.25, 0.3) is 0 Å². The number of nitrogens with two attached hydrogens (primary N) is 1. The van der Waals surface area contributed by atoms with Gasteiger partial charge in [0.1, 0.15) is 0 Å². The van der Waals surface area contributed by atoms with Crippen LogP contribution in [0.4, 0.5) is 0 Å². The van der Waals surface area contributed by atoms with Crippen molar-refractivity contribution in [1.29, 1.82) is 0 Å². The maximum atomic E-state index is 11.6. The summed E-state index contributed by atoms with van der Waals surface area (Å²) in [4.78, 5) is 23.2. The third-order valence-electron chi connectivity index (χ3n) is 2.64. The number of carbonyl (C=O) groups is 2. The molecule has 4 N–H and O–H groups in total. The van der Waals surface area contributed by atoms with Crippen molar-refractivity contribution in [3.63, 3.8) is 0 Å². The Morgan fingerprint density at radius 3 is 2.65 bits per heavy atom. The lowest BCUT2D eigenvalue weighted by Crippen LogP contribution is -2.48. The van der Waals surface area contributed by atoms with E-state index in [2.05, 4.69) is 10.6 Å². The van der Waals surface area contributed by atoms with E-state index in [0.29, 0.717) is 31.5 Å². The lowest BCUT2D eigenvalue weighted by Gasteiger charge is -2.24. The number of thiophene rings is 1. The van der Waals surface area contributed by atoms with E-state index in [-0.39, 0.29) is 29.8 Å². The van der Waals surface area contributed by atoms with Gasteiger partial charge in [0, 0.05) is 36.0 Å². The number of amides is 2. The van der Waals surface area contributed by atoms with Crippen LogP contribution < -0.4 is 16.4 Å². The van der Waals surface area contributed by atoms with Crippen molar-refractivity contribution in [2.75, 3.05) is 13.1 Å². The zero-order chi connectivity index (χ0) is 14.3. The number of nitrogens with one attached hydrogen (secondary N) is 2. The van der Waals surface area contributed by atoms with Crippen molar-refractivity contribution in [1.82, 2.24) is 10.6 Å². The van der Waals surface area contributed by atoms with E-state index in [0.717, 1.165) is 0 Å². The summed E-state index contributed by atoms with van der Waals surface area (Å²) in [6.07, 6.45) is 0.996. The van der Waals surface area contributed by atoms with E-state index in [1.165, 1.54) is 11.3 Å². The molecule has 1 heterocycles. The van der Waals surface area contributed by atoms with Crippen molar-refractivity contribution < 1.29 is 9.59 Å². The number of rotatable bonds is 7. The highest BCUT2D eigenvalue weighted by Crippen LogP contribution is 2.05. The first-order valence-corrected chi connectivity index (χ1v) is 7.20. The number of carbonyl (C=O) groups excluding carboxylic acids is 2. The van der Waals surface area contributed by atoms with Crippen LogP contribution in [0.3, 0.4) is 0 Å². The minimum Gasteiger partial charge on any atom is -0.352 e. The summed E-state index contributed by atoms with van der Waals surface area (Å²) < 4.78 is 0. The van der Waals surface area contributed by atoms with Gasteiger partial charge in [-0.3, -0.25) is 9.59 Å². The molecule has 0 aliphatic rings. The van der Waals surface area contributed by atoms with Gasteiger partial charge in [-0.25, -0.2) is 0 Å². The van der Waals surface area contributed by atoms with Gasteiger partial charge >= 0.3 is 0 Å². The van der Waals surface area contributed by atoms with E-state index in [4.69, 9.17) is 5.73 Å². The molecular formula is C13H22ClN3O2S. The highest BCUT2D eigenvalue weighted by Gasteiger charge is 2.17. The molecule has 0 aromatic carbocycles. The summed E-state index contributed by atoms with van der Waals surface area (Å²) in [5.74, 6) is -0.135. The van der Waals surface area contributed by atoms with Crippen LogP contribution in [0.2, 0.25) is 0 Å². The molecule has 2 amide bonds. The van der Waals surface area contributed by atoms with Crippen LogP contribution in [0.5, 0.6) is 0 Å². The molecular weight excluding hydrogens is 298 g/mol. The van der Waals surface area contributed by atoms with Crippen molar-refractivity contribution in [2.24, 2.45) is 5.73 Å². The quantitative estimate of drug-likeness (QED) is 0.666. The third-order valence-corrected chi connectivity index (χ3v) is 3.32. The molecule has 0 radical (unpaired) electrons. The van der Waals surface area contributed by atoms with E-state index in [1.54, 1.807) is 11.4 Å². The molecule has 0 atom stereocenters.